The number of hydrogen-bond acceptors (Lipinski definition) is 1. The molecule has 1 aromatic carbocycles. The number of hydrogen-bond donors (Lipinski definition) is 0. The van der Waals surface area contributed by atoms with Gasteiger partial charge in [-0.15, -0.1) is 6.58 Å². The van der Waals surface area contributed by atoms with E-state index in [1.165, 1.54) is 0 Å². The third-order valence-corrected chi connectivity index (χ3v) is 3.22. The second kappa shape index (κ2) is 6.82. The second-order valence-electron chi connectivity index (χ2n) is 3.66. The van der Waals surface area contributed by atoms with Gasteiger partial charge in [0, 0.05) is 22.6 Å². The first-order chi connectivity index (χ1) is 8.10. The number of carbonyl (C=O) groups excluding carboxylic acids is 1. The molecule has 0 bridgehead atoms. The Bertz CT molecular complexity index is 420. The molecule has 0 aliphatic heterocycles. The van der Waals surface area contributed by atoms with Crippen molar-refractivity contribution in [2.45, 2.75) is 13.3 Å². The summed E-state index contributed by atoms with van der Waals surface area (Å²) in [6, 6.07) is 5.22. The molecule has 0 saturated heterocycles. The maximum Gasteiger partial charge on any atom is 0.255 e. The predicted molar refractivity (Wildman–Crippen MR) is 75.5 cm³/mol. The molecule has 0 fully saturated rings. The van der Waals surface area contributed by atoms with Gasteiger partial charge in [-0.3, -0.25) is 4.79 Å². The molecule has 0 spiro atoms. The highest BCUT2D eigenvalue weighted by atomic mass is 79.9. The lowest BCUT2D eigenvalue weighted by Crippen LogP contribution is -2.32. The van der Waals surface area contributed by atoms with Crippen LogP contribution >= 0.6 is 27.5 Å². The van der Waals surface area contributed by atoms with E-state index in [4.69, 9.17) is 11.6 Å². The molecular formula is C13H15BrClNO. The summed E-state index contributed by atoms with van der Waals surface area (Å²) in [4.78, 5) is 14.0. The summed E-state index contributed by atoms with van der Waals surface area (Å²) in [5.74, 6) is -0.0267. The maximum atomic E-state index is 12.3. The third-order valence-electron chi connectivity index (χ3n) is 2.29. The van der Waals surface area contributed by atoms with E-state index >= 15 is 0 Å². The highest BCUT2D eigenvalue weighted by molar-refractivity contribution is 9.10. The SMILES string of the molecule is C=CCN(CCC)C(=O)c1cc(Cl)ccc1Br. The Morgan fingerprint density at radius 2 is 2.29 bits per heavy atom. The Labute approximate surface area is 115 Å². The molecule has 0 aliphatic rings. The molecule has 0 N–H and O–H groups in total. The van der Waals surface area contributed by atoms with Crippen LogP contribution in [0.15, 0.2) is 35.3 Å². The molecule has 1 aromatic rings. The van der Waals surface area contributed by atoms with E-state index in [9.17, 15) is 4.79 Å². The number of amides is 1. The minimum absolute atomic E-state index is 0.0267. The lowest BCUT2D eigenvalue weighted by atomic mass is 10.2. The molecule has 1 rings (SSSR count). The second-order valence-corrected chi connectivity index (χ2v) is 4.95. The van der Waals surface area contributed by atoms with Crippen LogP contribution in [0.1, 0.15) is 23.7 Å². The monoisotopic (exact) mass is 315 g/mol. The van der Waals surface area contributed by atoms with Crippen molar-refractivity contribution in [3.05, 3.63) is 45.9 Å². The van der Waals surface area contributed by atoms with Crippen LogP contribution in [0.25, 0.3) is 0 Å². The van der Waals surface area contributed by atoms with Gasteiger partial charge < -0.3 is 4.90 Å². The first-order valence-corrected chi connectivity index (χ1v) is 6.62. The van der Waals surface area contributed by atoms with E-state index in [-0.39, 0.29) is 5.91 Å². The minimum Gasteiger partial charge on any atom is -0.335 e. The molecule has 2 nitrogen and oxygen atoms in total. The van der Waals surface area contributed by atoms with Crippen LogP contribution in [0.2, 0.25) is 5.02 Å². The molecule has 0 aliphatic carbocycles. The first kappa shape index (κ1) is 14.3. The maximum absolute atomic E-state index is 12.3. The summed E-state index contributed by atoms with van der Waals surface area (Å²) in [6.45, 7) is 6.96. The fourth-order valence-electron chi connectivity index (χ4n) is 1.53. The Morgan fingerprint density at radius 3 is 2.88 bits per heavy atom. The van der Waals surface area contributed by atoms with Gasteiger partial charge in [0.15, 0.2) is 0 Å². The lowest BCUT2D eigenvalue weighted by Gasteiger charge is -2.21. The molecule has 1 amide bonds. The average molecular weight is 317 g/mol. The van der Waals surface area contributed by atoms with E-state index in [1.54, 1.807) is 29.2 Å². The highest BCUT2D eigenvalue weighted by Gasteiger charge is 2.16. The summed E-state index contributed by atoms with van der Waals surface area (Å²) >= 11 is 9.28. The molecule has 4 heteroatoms. The van der Waals surface area contributed by atoms with Crippen molar-refractivity contribution in [1.82, 2.24) is 4.90 Å². The summed E-state index contributed by atoms with van der Waals surface area (Å²) in [5, 5.41) is 0.562. The topological polar surface area (TPSA) is 20.3 Å². The van der Waals surface area contributed by atoms with Gasteiger partial charge >= 0.3 is 0 Å². The van der Waals surface area contributed by atoms with Gasteiger partial charge in [0.25, 0.3) is 5.91 Å². The number of halogens is 2. The summed E-state index contributed by atoms with van der Waals surface area (Å²) in [6.07, 6.45) is 2.64. The van der Waals surface area contributed by atoms with Crippen LogP contribution < -0.4 is 0 Å². The Kier molecular flexibility index (Phi) is 5.72. The lowest BCUT2D eigenvalue weighted by molar-refractivity contribution is 0.0773. The van der Waals surface area contributed by atoms with Crippen LogP contribution in [0, 0.1) is 0 Å². The summed E-state index contributed by atoms with van der Waals surface area (Å²) < 4.78 is 0.761. The molecule has 0 radical (unpaired) electrons. The van der Waals surface area contributed by atoms with E-state index in [0.29, 0.717) is 23.7 Å². The van der Waals surface area contributed by atoms with E-state index in [2.05, 4.69) is 22.5 Å². The van der Waals surface area contributed by atoms with Gasteiger partial charge in [0.1, 0.15) is 0 Å². The van der Waals surface area contributed by atoms with Crippen molar-refractivity contribution in [2.24, 2.45) is 0 Å². The Balaban J connectivity index is 2.99. The number of nitrogens with zero attached hydrogens (tertiary/aromatic N) is 1. The van der Waals surface area contributed by atoms with Crippen LogP contribution in [0.4, 0.5) is 0 Å². The zero-order valence-corrected chi connectivity index (χ0v) is 12.1. The van der Waals surface area contributed by atoms with Crippen LogP contribution in [0.3, 0.4) is 0 Å². The van der Waals surface area contributed by atoms with Crippen molar-refractivity contribution < 1.29 is 4.79 Å². The zero-order valence-electron chi connectivity index (χ0n) is 9.75. The van der Waals surface area contributed by atoms with Gasteiger partial charge in [0.2, 0.25) is 0 Å². The number of rotatable bonds is 5. The predicted octanol–water partition coefficient (Wildman–Crippen LogP) is 4.14. The highest BCUT2D eigenvalue weighted by Crippen LogP contribution is 2.22. The molecule has 0 aromatic heterocycles. The summed E-state index contributed by atoms with van der Waals surface area (Å²) in [5.41, 5.74) is 0.591. The molecule has 92 valence electrons. The molecule has 17 heavy (non-hydrogen) atoms. The van der Waals surface area contributed by atoms with Crippen molar-refractivity contribution >= 4 is 33.4 Å². The molecule has 0 heterocycles. The van der Waals surface area contributed by atoms with Gasteiger partial charge in [-0.1, -0.05) is 24.6 Å². The van der Waals surface area contributed by atoms with Crippen molar-refractivity contribution in [1.29, 1.82) is 0 Å². The fraction of sp³-hybridized carbons (Fsp3) is 0.308. The standard InChI is InChI=1S/C13H15BrClNO/c1-3-7-16(8-4-2)13(17)11-9-10(15)5-6-12(11)14/h3,5-6,9H,1,4,7-8H2,2H3. The van der Waals surface area contributed by atoms with E-state index < -0.39 is 0 Å². The summed E-state index contributed by atoms with van der Waals surface area (Å²) in [7, 11) is 0. The van der Waals surface area contributed by atoms with Gasteiger partial charge in [0.05, 0.1) is 5.56 Å². The van der Waals surface area contributed by atoms with Gasteiger partial charge in [-0.05, 0) is 40.5 Å². The van der Waals surface area contributed by atoms with Crippen molar-refractivity contribution in [3.8, 4) is 0 Å². The Hall–Kier alpha value is -0.800. The van der Waals surface area contributed by atoms with Crippen LogP contribution in [-0.2, 0) is 0 Å². The smallest absolute Gasteiger partial charge is 0.255 e. The zero-order chi connectivity index (χ0) is 12.8. The largest absolute Gasteiger partial charge is 0.335 e. The van der Waals surface area contributed by atoms with Crippen LogP contribution in [0.5, 0.6) is 0 Å². The normalized spacial score (nSPS) is 10.1. The first-order valence-electron chi connectivity index (χ1n) is 5.45. The van der Waals surface area contributed by atoms with Crippen molar-refractivity contribution in [3.63, 3.8) is 0 Å². The minimum atomic E-state index is -0.0267. The molecular weight excluding hydrogens is 302 g/mol. The van der Waals surface area contributed by atoms with Crippen molar-refractivity contribution in [2.75, 3.05) is 13.1 Å². The van der Waals surface area contributed by atoms with Crippen LogP contribution in [-0.4, -0.2) is 23.9 Å². The average Bonchev–Trinajstić information content (AvgIpc) is 2.31. The quantitative estimate of drug-likeness (QED) is 0.748. The molecule has 0 atom stereocenters. The molecule has 0 unspecified atom stereocenters. The van der Waals surface area contributed by atoms with E-state index in [1.807, 2.05) is 6.92 Å². The number of carbonyl (C=O) groups is 1. The number of benzene rings is 1. The third kappa shape index (κ3) is 3.86. The molecule has 0 saturated carbocycles. The van der Waals surface area contributed by atoms with E-state index in [0.717, 1.165) is 10.9 Å². The Morgan fingerprint density at radius 1 is 1.59 bits per heavy atom. The fourth-order valence-corrected chi connectivity index (χ4v) is 2.12. The van der Waals surface area contributed by atoms with Gasteiger partial charge in [-0.25, -0.2) is 0 Å². The van der Waals surface area contributed by atoms with Gasteiger partial charge in [-0.2, -0.15) is 0 Å².